The van der Waals surface area contributed by atoms with Crippen molar-refractivity contribution in [3.63, 3.8) is 0 Å². The maximum absolute atomic E-state index is 13.7. The van der Waals surface area contributed by atoms with Crippen LogP contribution in [0, 0.1) is 23.0 Å². The van der Waals surface area contributed by atoms with Gasteiger partial charge < -0.3 is 10.4 Å². The highest BCUT2D eigenvalue weighted by Crippen LogP contribution is 2.23. The molecule has 0 radical (unpaired) electrons. The second-order valence-electron chi connectivity index (χ2n) is 5.27. The lowest BCUT2D eigenvalue weighted by molar-refractivity contribution is 0.0494. The molecule has 6 heteroatoms. The van der Waals surface area contributed by atoms with E-state index in [-0.39, 0.29) is 12.1 Å². The third-order valence-electron chi connectivity index (χ3n) is 3.38. The van der Waals surface area contributed by atoms with Crippen molar-refractivity contribution in [3.8, 4) is 6.07 Å². The summed E-state index contributed by atoms with van der Waals surface area (Å²) in [6, 6.07) is 10.7. The van der Waals surface area contributed by atoms with Gasteiger partial charge in [-0.25, -0.2) is 8.78 Å². The largest absolute Gasteiger partial charge is 0.383 e. The van der Waals surface area contributed by atoms with Crippen LogP contribution in [0.25, 0.3) is 0 Å². The quantitative estimate of drug-likeness (QED) is 0.910. The Balaban J connectivity index is 2.08. The maximum Gasteiger partial charge on any atom is 0.251 e. The monoisotopic (exact) mass is 316 g/mol. The molecule has 0 aliphatic heterocycles. The van der Waals surface area contributed by atoms with E-state index in [1.54, 1.807) is 0 Å². The van der Waals surface area contributed by atoms with E-state index in [0.29, 0.717) is 17.2 Å². The van der Waals surface area contributed by atoms with Gasteiger partial charge in [-0.3, -0.25) is 4.79 Å². The zero-order chi connectivity index (χ0) is 17.0. The highest BCUT2D eigenvalue weighted by molar-refractivity contribution is 5.94. The van der Waals surface area contributed by atoms with Gasteiger partial charge in [0.25, 0.3) is 5.91 Å². The number of aliphatic hydroxyl groups is 1. The summed E-state index contributed by atoms with van der Waals surface area (Å²) in [6.45, 7) is 1.07. The van der Waals surface area contributed by atoms with Crippen LogP contribution in [0.4, 0.5) is 8.78 Å². The van der Waals surface area contributed by atoms with E-state index in [9.17, 15) is 18.7 Å². The molecule has 0 heterocycles. The first kappa shape index (κ1) is 16.6. The molecule has 0 fully saturated rings. The highest BCUT2D eigenvalue weighted by Gasteiger charge is 2.27. The molecule has 118 valence electrons. The van der Waals surface area contributed by atoms with Crippen LogP contribution in [0.1, 0.15) is 28.4 Å². The molecule has 4 nitrogen and oxygen atoms in total. The molecule has 1 unspecified atom stereocenters. The van der Waals surface area contributed by atoms with E-state index in [1.165, 1.54) is 31.2 Å². The number of benzene rings is 2. The molecular weight excluding hydrogens is 302 g/mol. The molecule has 2 aromatic rings. The van der Waals surface area contributed by atoms with Crippen LogP contribution in [0.3, 0.4) is 0 Å². The van der Waals surface area contributed by atoms with Gasteiger partial charge in [-0.1, -0.05) is 6.07 Å². The van der Waals surface area contributed by atoms with E-state index < -0.39 is 23.1 Å². The van der Waals surface area contributed by atoms with E-state index in [2.05, 4.69) is 5.32 Å². The van der Waals surface area contributed by atoms with Gasteiger partial charge in [-0.15, -0.1) is 0 Å². The standard InChI is InChI=1S/C17H14F2N2O2/c1-17(23,14-7-6-13(18)8-15(14)19)10-21-16(22)12-4-2-11(9-20)3-5-12/h2-8,23H,10H2,1H3,(H,21,22). The molecule has 2 N–H and O–H groups in total. The molecule has 0 aliphatic rings. The molecule has 2 aromatic carbocycles. The summed E-state index contributed by atoms with van der Waals surface area (Å²) in [6.07, 6.45) is 0. The Morgan fingerprint density at radius 3 is 2.48 bits per heavy atom. The van der Waals surface area contributed by atoms with Crippen LogP contribution in [-0.2, 0) is 5.60 Å². The summed E-state index contributed by atoms with van der Waals surface area (Å²) < 4.78 is 26.7. The Bertz CT molecular complexity index is 765. The lowest BCUT2D eigenvalue weighted by Crippen LogP contribution is -2.39. The van der Waals surface area contributed by atoms with Crippen LogP contribution in [0.5, 0.6) is 0 Å². The number of carbonyl (C=O) groups is 1. The number of rotatable bonds is 4. The van der Waals surface area contributed by atoms with Crippen LogP contribution >= 0.6 is 0 Å². The number of amides is 1. The SMILES string of the molecule is CC(O)(CNC(=O)c1ccc(C#N)cc1)c1ccc(F)cc1F. The van der Waals surface area contributed by atoms with Crippen LogP contribution < -0.4 is 5.32 Å². The number of nitriles is 1. The van der Waals surface area contributed by atoms with Gasteiger partial charge in [-0.05, 0) is 37.3 Å². The minimum absolute atomic E-state index is 0.112. The van der Waals surface area contributed by atoms with Gasteiger partial charge in [0.15, 0.2) is 0 Å². The normalized spacial score (nSPS) is 13.0. The Hall–Kier alpha value is -2.78. The fourth-order valence-electron chi connectivity index (χ4n) is 2.07. The average molecular weight is 316 g/mol. The maximum atomic E-state index is 13.7. The van der Waals surface area contributed by atoms with Crippen molar-refractivity contribution in [2.75, 3.05) is 6.54 Å². The third-order valence-corrected chi connectivity index (χ3v) is 3.38. The molecule has 0 saturated heterocycles. The minimum Gasteiger partial charge on any atom is -0.383 e. The zero-order valence-electron chi connectivity index (χ0n) is 12.3. The van der Waals surface area contributed by atoms with Crippen molar-refractivity contribution < 1.29 is 18.7 Å². The van der Waals surface area contributed by atoms with Gasteiger partial charge in [0.05, 0.1) is 18.2 Å². The van der Waals surface area contributed by atoms with Crippen molar-refractivity contribution in [2.45, 2.75) is 12.5 Å². The summed E-state index contributed by atoms with van der Waals surface area (Å²) in [4.78, 5) is 12.0. The van der Waals surface area contributed by atoms with Gasteiger partial charge in [0.1, 0.15) is 17.2 Å². The molecule has 0 aliphatic carbocycles. The fourth-order valence-corrected chi connectivity index (χ4v) is 2.07. The van der Waals surface area contributed by atoms with Crippen molar-refractivity contribution >= 4 is 5.91 Å². The van der Waals surface area contributed by atoms with E-state index in [4.69, 9.17) is 5.26 Å². The summed E-state index contributed by atoms with van der Waals surface area (Å²) in [5.41, 5.74) is -1.08. The number of nitrogens with zero attached hydrogens (tertiary/aromatic N) is 1. The summed E-state index contributed by atoms with van der Waals surface area (Å²) in [5.74, 6) is -2.11. The first-order chi connectivity index (χ1) is 10.8. The number of carbonyl (C=O) groups excluding carboxylic acids is 1. The van der Waals surface area contributed by atoms with Gasteiger partial charge >= 0.3 is 0 Å². The predicted octanol–water partition coefficient (Wildman–Crippen LogP) is 2.47. The Morgan fingerprint density at radius 1 is 1.26 bits per heavy atom. The summed E-state index contributed by atoms with van der Waals surface area (Å²) in [5, 5.41) is 21.5. The lowest BCUT2D eigenvalue weighted by atomic mass is 9.95. The van der Waals surface area contributed by atoms with Crippen molar-refractivity contribution in [1.82, 2.24) is 5.32 Å². The van der Waals surface area contributed by atoms with E-state index >= 15 is 0 Å². The topological polar surface area (TPSA) is 73.1 Å². The molecule has 0 aromatic heterocycles. The molecule has 1 atom stereocenters. The number of halogens is 2. The highest BCUT2D eigenvalue weighted by atomic mass is 19.1. The van der Waals surface area contributed by atoms with Crippen LogP contribution in [0.15, 0.2) is 42.5 Å². The minimum atomic E-state index is -1.69. The Morgan fingerprint density at radius 2 is 1.91 bits per heavy atom. The fraction of sp³-hybridized carbons (Fsp3) is 0.176. The lowest BCUT2D eigenvalue weighted by Gasteiger charge is -2.24. The average Bonchev–Trinajstić information content (AvgIpc) is 2.52. The molecule has 1 amide bonds. The van der Waals surface area contributed by atoms with Gasteiger partial charge in [0, 0.05) is 17.2 Å². The first-order valence-electron chi connectivity index (χ1n) is 6.80. The molecule has 2 rings (SSSR count). The van der Waals surface area contributed by atoms with Gasteiger partial charge in [0.2, 0.25) is 0 Å². The van der Waals surface area contributed by atoms with Crippen molar-refractivity contribution in [1.29, 1.82) is 5.26 Å². The van der Waals surface area contributed by atoms with Gasteiger partial charge in [-0.2, -0.15) is 5.26 Å². The Labute approximate surface area is 132 Å². The first-order valence-corrected chi connectivity index (χ1v) is 6.80. The zero-order valence-corrected chi connectivity index (χ0v) is 12.3. The number of hydrogen-bond donors (Lipinski definition) is 2. The molecule has 0 saturated carbocycles. The molecule has 0 bridgehead atoms. The number of hydrogen-bond acceptors (Lipinski definition) is 3. The van der Waals surface area contributed by atoms with Crippen molar-refractivity contribution in [2.24, 2.45) is 0 Å². The second kappa shape index (κ2) is 6.55. The smallest absolute Gasteiger partial charge is 0.251 e. The second-order valence-corrected chi connectivity index (χ2v) is 5.27. The van der Waals surface area contributed by atoms with Crippen LogP contribution in [0.2, 0.25) is 0 Å². The van der Waals surface area contributed by atoms with Crippen molar-refractivity contribution in [3.05, 3.63) is 70.8 Å². The van der Waals surface area contributed by atoms with E-state index in [1.807, 2.05) is 6.07 Å². The summed E-state index contributed by atoms with van der Waals surface area (Å²) in [7, 11) is 0. The molecule has 0 spiro atoms. The third kappa shape index (κ3) is 3.90. The van der Waals surface area contributed by atoms with E-state index in [0.717, 1.165) is 12.1 Å². The predicted molar refractivity (Wildman–Crippen MR) is 79.4 cm³/mol. The number of nitrogens with one attached hydrogen (secondary N) is 1. The van der Waals surface area contributed by atoms with Crippen LogP contribution in [-0.4, -0.2) is 17.6 Å². The Kier molecular flexibility index (Phi) is 4.72. The molecular formula is C17H14F2N2O2. The molecule has 23 heavy (non-hydrogen) atoms. The summed E-state index contributed by atoms with van der Waals surface area (Å²) >= 11 is 0.